The highest BCUT2D eigenvalue weighted by Crippen LogP contribution is 2.40. The standard InChI is InChI=1S/C31H41N3O3/c1-33(2)18-6-20-37-24-12-10-23(11-13-24)31-30-26(27-21-25(36-3)14-15-28(27)32-30)17-19-34(31)29(35)16-9-22-7-4-5-8-22/h10-15,21-22,31-32H,4-9,16-20H2,1-3H3. The fourth-order valence-electron chi connectivity index (χ4n) is 6.10. The van der Waals surface area contributed by atoms with E-state index in [1.54, 1.807) is 7.11 Å². The zero-order chi connectivity index (χ0) is 25.8. The number of carbonyl (C=O) groups is 1. The van der Waals surface area contributed by atoms with Gasteiger partial charge in [-0.05, 0) is 80.7 Å². The lowest BCUT2D eigenvalue weighted by Crippen LogP contribution is -2.40. The van der Waals surface area contributed by atoms with Crippen molar-refractivity contribution in [2.75, 3.05) is 40.9 Å². The lowest BCUT2D eigenvalue weighted by atomic mass is 9.91. The summed E-state index contributed by atoms with van der Waals surface area (Å²) in [5.74, 6) is 2.71. The van der Waals surface area contributed by atoms with Crippen LogP contribution < -0.4 is 9.47 Å². The molecule has 0 radical (unpaired) electrons. The molecule has 1 saturated carbocycles. The number of hydrogen-bond acceptors (Lipinski definition) is 4. The Morgan fingerprint density at radius 3 is 2.57 bits per heavy atom. The van der Waals surface area contributed by atoms with Crippen LogP contribution in [-0.2, 0) is 11.2 Å². The van der Waals surface area contributed by atoms with E-state index in [0.717, 1.165) is 60.6 Å². The third kappa shape index (κ3) is 5.80. The van der Waals surface area contributed by atoms with E-state index in [0.29, 0.717) is 18.9 Å². The maximum absolute atomic E-state index is 13.6. The SMILES string of the molecule is COc1ccc2[nH]c3c(c2c1)CCN(C(=O)CCC1CCCC1)C3c1ccc(OCCCN(C)C)cc1. The van der Waals surface area contributed by atoms with Gasteiger partial charge in [-0.25, -0.2) is 0 Å². The van der Waals surface area contributed by atoms with Crippen molar-refractivity contribution in [1.29, 1.82) is 0 Å². The first-order chi connectivity index (χ1) is 18.0. The predicted octanol–water partition coefficient (Wildman–Crippen LogP) is 5.95. The van der Waals surface area contributed by atoms with Gasteiger partial charge < -0.3 is 24.3 Å². The van der Waals surface area contributed by atoms with E-state index in [-0.39, 0.29) is 11.9 Å². The summed E-state index contributed by atoms with van der Waals surface area (Å²) in [5.41, 5.74) is 4.64. The molecule has 1 aromatic heterocycles. The number of ether oxygens (including phenoxy) is 2. The van der Waals surface area contributed by atoms with Crippen molar-refractivity contribution < 1.29 is 14.3 Å². The highest BCUT2D eigenvalue weighted by Gasteiger charge is 2.34. The summed E-state index contributed by atoms with van der Waals surface area (Å²) in [6.07, 6.45) is 8.68. The Labute approximate surface area is 220 Å². The van der Waals surface area contributed by atoms with Crippen LogP contribution in [0.4, 0.5) is 0 Å². The van der Waals surface area contributed by atoms with Gasteiger partial charge in [0.2, 0.25) is 5.91 Å². The lowest BCUT2D eigenvalue weighted by Gasteiger charge is -2.36. The number of methoxy groups -OCH3 is 1. The number of aromatic nitrogens is 1. The van der Waals surface area contributed by atoms with Crippen molar-refractivity contribution >= 4 is 16.8 Å². The van der Waals surface area contributed by atoms with Gasteiger partial charge in [-0.1, -0.05) is 37.8 Å². The molecule has 6 nitrogen and oxygen atoms in total. The van der Waals surface area contributed by atoms with Gasteiger partial charge in [-0.15, -0.1) is 0 Å². The van der Waals surface area contributed by atoms with Crippen LogP contribution in [0.1, 0.15) is 67.8 Å². The van der Waals surface area contributed by atoms with Crippen molar-refractivity contribution in [2.45, 2.75) is 57.4 Å². The van der Waals surface area contributed by atoms with Crippen LogP contribution >= 0.6 is 0 Å². The molecule has 1 fully saturated rings. The molecular formula is C31H41N3O3. The summed E-state index contributed by atoms with van der Waals surface area (Å²) < 4.78 is 11.5. The van der Waals surface area contributed by atoms with E-state index in [4.69, 9.17) is 9.47 Å². The smallest absolute Gasteiger partial charge is 0.223 e. The number of H-pyrrole nitrogens is 1. The zero-order valence-corrected chi connectivity index (χ0v) is 22.6. The zero-order valence-electron chi connectivity index (χ0n) is 22.6. The monoisotopic (exact) mass is 503 g/mol. The Morgan fingerprint density at radius 1 is 1.08 bits per heavy atom. The Hall–Kier alpha value is -2.99. The van der Waals surface area contributed by atoms with Crippen LogP contribution in [-0.4, -0.2) is 61.6 Å². The van der Waals surface area contributed by atoms with Gasteiger partial charge in [0, 0.05) is 36.1 Å². The van der Waals surface area contributed by atoms with Crippen molar-refractivity contribution in [3.8, 4) is 11.5 Å². The van der Waals surface area contributed by atoms with Crippen molar-refractivity contribution in [1.82, 2.24) is 14.8 Å². The normalized spacial score (nSPS) is 17.9. The largest absolute Gasteiger partial charge is 0.497 e. The number of fused-ring (bicyclic) bond motifs is 3. The fourth-order valence-corrected chi connectivity index (χ4v) is 6.10. The quantitative estimate of drug-likeness (QED) is 0.347. The lowest BCUT2D eigenvalue weighted by molar-refractivity contribution is -0.133. The number of nitrogens with one attached hydrogen (secondary N) is 1. The second-order valence-corrected chi connectivity index (χ2v) is 10.9. The maximum Gasteiger partial charge on any atom is 0.223 e. The average Bonchev–Trinajstić information content (AvgIpc) is 3.57. The first-order valence-electron chi connectivity index (χ1n) is 13.9. The molecular weight excluding hydrogens is 462 g/mol. The Balaban J connectivity index is 1.41. The molecule has 1 amide bonds. The number of aromatic amines is 1. The van der Waals surface area contributed by atoms with Crippen molar-refractivity contribution in [3.63, 3.8) is 0 Å². The molecule has 0 spiro atoms. The second kappa shape index (κ2) is 11.6. The van der Waals surface area contributed by atoms with E-state index in [2.05, 4.69) is 53.1 Å². The molecule has 2 aliphatic rings. The van der Waals surface area contributed by atoms with Gasteiger partial charge in [0.15, 0.2) is 0 Å². The number of rotatable bonds is 10. The minimum atomic E-state index is -0.124. The molecule has 1 aliphatic carbocycles. The van der Waals surface area contributed by atoms with Crippen LogP contribution in [0.5, 0.6) is 11.5 Å². The van der Waals surface area contributed by atoms with E-state index >= 15 is 0 Å². The molecule has 5 rings (SSSR count). The number of nitrogens with zero attached hydrogens (tertiary/aromatic N) is 2. The number of benzene rings is 2. The fraction of sp³-hybridized carbons (Fsp3) is 0.516. The van der Waals surface area contributed by atoms with E-state index in [9.17, 15) is 4.79 Å². The summed E-state index contributed by atoms with van der Waals surface area (Å²) in [5, 5.41) is 1.19. The summed E-state index contributed by atoms with van der Waals surface area (Å²) in [6.45, 7) is 2.43. The molecule has 0 bridgehead atoms. The van der Waals surface area contributed by atoms with Gasteiger partial charge in [-0.2, -0.15) is 0 Å². The van der Waals surface area contributed by atoms with E-state index in [1.165, 1.54) is 36.6 Å². The Bertz CT molecular complexity index is 1190. The molecule has 6 heteroatoms. The molecule has 3 aromatic rings. The third-order valence-electron chi connectivity index (χ3n) is 8.11. The number of amides is 1. The van der Waals surface area contributed by atoms with Crippen molar-refractivity contribution in [2.24, 2.45) is 5.92 Å². The van der Waals surface area contributed by atoms with Gasteiger partial charge in [0.1, 0.15) is 11.5 Å². The highest BCUT2D eigenvalue weighted by atomic mass is 16.5. The average molecular weight is 504 g/mol. The van der Waals surface area contributed by atoms with Gasteiger partial charge in [0.05, 0.1) is 19.8 Å². The summed E-state index contributed by atoms with van der Waals surface area (Å²) in [7, 11) is 5.86. The third-order valence-corrected chi connectivity index (χ3v) is 8.11. The van der Waals surface area contributed by atoms with Gasteiger partial charge in [0.25, 0.3) is 0 Å². The molecule has 2 heterocycles. The van der Waals surface area contributed by atoms with Crippen LogP contribution in [0, 0.1) is 5.92 Å². The van der Waals surface area contributed by atoms with E-state index < -0.39 is 0 Å². The molecule has 2 aromatic carbocycles. The topological polar surface area (TPSA) is 57.8 Å². The van der Waals surface area contributed by atoms with Gasteiger partial charge in [-0.3, -0.25) is 4.79 Å². The molecule has 0 saturated heterocycles. The van der Waals surface area contributed by atoms with Crippen molar-refractivity contribution in [3.05, 3.63) is 59.3 Å². The van der Waals surface area contributed by atoms with Crippen LogP contribution in [0.3, 0.4) is 0 Å². The van der Waals surface area contributed by atoms with Gasteiger partial charge >= 0.3 is 0 Å². The first-order valence-corrected chi connectivity index (χ1v) is 13.9. The number of carbonyl (C=O) groups excluding carboxylic acids is 1. The molecule has 37 heavy (non-hydrogen) atoms. The van der Waals surface area contributed by atoms with Crippen LogP contribution in [0.15, 0.2) is 42.5 Å². The van der Waals surface area contributed by atoms with Crippen LogP contribution in [0.2, 0.25) is 0 Å². The molecule has 1 unspecified atom stereocenters. The molecule has 1 aliphatic heterocycles. The van der Waals surface area contributed by atoms with E-state index in [1.807, 2.05) is 18.2 Å². The summed E-state index contributed by atoms with van der Waals surface area (Å²) >= 11 is 0. The summed E-state index contributed by atoms with van der Waals surface area (Å²) in [4.78, 5) is 21.6. The maximum atomic E-state index is 13.6. The minimum absolute atomic E-state index is 0.124. The molecule has 198 valence electrons. The highest BCUT2D eigenvalue weighted by molar-refractivity contribution is 5.88. The number of hydrogen-bond donors (Lipinski definition) is 1. The molecule has 1 N–H and O–H groups in total. The summed E-state index contributed by atoms with van der Waals surface area (Å²) in [6, 6.07) is 14.4. The molecule has 1 atom stereocenters. The predicted molar refractivity (Wildman–Crippen MR) is 148 cm³/mol. The minimum Gasteiger partial charge on any atom is -0.497 e. The Kier molecular flexibility index (Phi) is 8.04. The first kappa shape index (κ1) is 25.7. The van der Waals surface area contributed by atoms with Crippen LogP contribution in [0.25, 0.3) is 10.9 Å². The second-order valence-electron chi connectivity index (χ2n) is 10.9. The Morgan fingerprint density at radius 2 is 1.84 bits per heavy atom.